The molecule has 2 aromatic heterocycles. The van der Waals surface area contributed by atoms with Crippen molar-refractivity contribution in [3.8, 4) is 16.4 Å². The molecule has 0 aliphatic carbocycles. The Balaban J connectivity index is 1.66. The van der Waals surface area contributed by atoms with Gasteiger partial charge in [0.1, 0.15) is 42.0 Å². The minimum Gasteiger partial charge on any atom is -0.496 e. The monoisotopic (exact) mass is 467 g/mol. The molecule has 5 atom stereocenters. The van der Waals surface area contributed by atoms with Gasteiger partial charge in [-0.15, -0.1) is 11.3 Å². The number of ether oxygens (including phenoxy) is 2. The second-order valence-corrected chi connectivity index (χ2v) is 8.73. The summed E-state index contributed by atoms with van der Waals surface area (Å²) < 4.78 is 16.5. The van der Waals surface area contributed by atoms with E-state index in [1.165, 1.54) is 18.4 Å². The Bertz CT molecular complexity index is 1020. The number of methoxy groups -OCH3 is 1. The molecular formula is C21H22ClNO7S. The maximum Gasteiger partial charge on any atom is 0.145 e. The quantitative estimate of drug-likeness (QED) is 0.434. The molecule has 3 heterocycles. The van der Waals surface area contributed by atoms with Gasteiger partial charge in [0.05, 0.1) is 29.9 Å². The minimum absolute atomic E-state index is 0.355. The number of hydrogen-bond donors (Lipinski definition) is 4. The van der Waals surface area contributed by atoms with Crippen LogP contribution in [0.25, 0.3) is 10.6 Å². The summed E-state index contributed by atoms with van der Waals surface area (Å²) in [4.78, 5) is 5.33. The van der Waals surface area contributed by atoms with E-state index < -0.39 is 37.1 Å². The Morgan fingerprint density at radius 1 is 1.19 bits per heavy atom. The largest absolute Gasteiger partial charge is 0.496 e. The molecule has 1 fully saturated rings. The standard InChI is InChI=1S/C21H22ClNO7S/c1-28-14-7-12(22)10(6-17-23-8-16(31-17)13-3-2-4-29-13)5-11(14)21-20(27)19(26)18(25)15(9-24)30-21/h2-5,7-8,15,18-21,24-27H,6,9H2,1H3/t15-,18-,19+,20-,21+/m1/s1. The average Bonchev–Trinajstić information content (AvgIpc) is 3.46. The maximum atomic E-state index is 10.5. The van der Waals surface area contributed by atoms with E-state index in [1.54, 1.807) is 24.6 Å². The molecule has 0 unspecified atom stereocenters. The van der Waals surface area contributed by atoms with Crippen molar-refractivity contribution in [3.63, 3.8) is 0 Å². The van der Waals surface area contributed by atoms with E-state index >= 15 is 0 Å². The number of aliphatic hydroxyl groups excluding tert-OH is 4. The molecule has 8 nitrogen and oxygen atoms in total. The predicted molar refractivity (Wildman–Crippen MR) is 113 cm³/mol. The summed E-state index contributed by atoms with van der Waals surface area (Å²) in [5.74, 6) is 1.08. The number of benzene rings is 1. The molecule has 31 heavy (non-hydrogen) atoms. The third-order valence-electron chi connectivity index (χ3n) is 5.26. The average molecular weight is 468 g/mol. The molecule has 1 saturated heterocycles. The highest BCUT2D eigenvalue weighted by atomic mass is 35.5. The van der Waals surface area contributed by atoms with Gasteiger partial charge < -0.3 is 34.3 Å². The third kappa shape index (κ3) is 4.35. The Labute approximate surface area is 187 Å². The number of aromatic nitrogens is 1. The number of halogens is 1. The lowest BCUT2D eigenvalue weighted by Crippen LogP contribution is -2.55. The smallest absolute Gasteiger partial charge is 0.145 e. The van der Waals surface area contributed by atoms with E-state index in [9.17, 15) is 20.4 Å². The van der Waals surface area contributed by atoms with Crippen LogP contribution in [0.15, 0.2) is 41.1 Å². The van der Waals surface area contributed by atoms with Crippen molar-refractivity contribution >= 4 is 22.9 Å². The lowest BCUT2D eigenvalue weighted by atomic mass is 9.90. The zero-order chi connectivity index (χ0) is 22.1. The molecule has 0 amide bonds. The predicted octanol–water partition coefficient (Wildman–Crippen LogP) is 2.17. The summed E-state index contributed by atoms with van der Waals surface area (Å²) in [5.41, 5.74) is 1.16. The Morgan fingerprint density at radius 2 is 2.00 bits per heavy atom. The fraction of sp³-hybridized carbons (Fsp3) is 0.381. The molecule has 166 valence electrons. The highest BCUT2D eigenvalue weighted by molar-refractivity contribution is 7.15. The zero-order valence-corrected chi connectivity index (χ0v) is 18.1. The number of rotatable bonds is 6. The second-order valence-electron chi connectivity index (χ2n) is 7.21. The Morgan fingerprint density at radius 3 is 2.68 bits per heavy atom. The molecular weight excluding hydrogens is 446 g/mol. The van der Waals surface area contributed by atoms with Gasteiger partial charge in [-0.2, -0.15) is 0 Å². The lowest BCUT2D eigenvalue weighted by Gasteiger charge is -2.40. The van der Waals surface area contributed by atoms with Crippen molar-refractivity contribution in [1.29, 1.82) is 0 Å². The van der Waals surface area contributed by atoms with E-state index in [2.05, 4.69) is 4.98 Å². The van der Waals surface area contributed by atoms with Gasteiger partial charge >= 0.3 is 0 Å². The summed E-state index contributed by atoms with van der Waals surface area (Å²) in [7, 11) is 1.45. The Kier molecular flexibility index (Phi) is 6.63. The minimum atomic E-state index is -1.49. The number of hydrogen-bond acceptors (Lipinski definition) is 9. The summed E-state index contributed by atoms with van der Waals surface area (Å²) in [6.45, 7) is -0.515. The van der Waals surface area contributed by atoms with Crippen molar-refractivity contribution in [3.05, 3.63) is 57.9 Å². The first-order valence-electron chi connectivity index (χ1n) is 9.58. The topological polar surface area (TPSA) is 125 Å². The van der Waals surface area contributed by atoms with Crippen molar-refractivity contribution < 1.29 is 34.3 Å². The lowest BCUT2D eigenvalue weighted by molar-refractivity contribution is -0.232. The van der Waals surface area contributed by atoms with Gasteiger partial charge in [0, 0.05) is 23.2 Å². The molecule has 3 aromatic rings. The maximum absolute atomic E-state index is 10.5. The van der Waals surface area contributed by atoms with Gasteiger partial charge in [-0.05, 0) is 29.8 Å². The SMILES string of the molecule is COc1cc(Cl)c(Cc2ncc(-c3ccco3)s2)cc1[C@@H]1O[C@H](CO)[C@@H](O)[C@H](O)[C@H]1O. The summed E-state index contributed by atoms with van der Waals surface area (Å²) in [6, 6.07) is 6.99. The van der Waals surface area contributed by atoms with Crippen LogP contribution in [0.5, 0.6) is 5.75 Å². The Hall–Kier alpha value is -1.98. The van der Waals surface area contributed by atoms with Gasteiger partial charge in [0.2, 0.25) is 0 Å². The molecule has 1 aliphatic heterocycles. The molecule has 1 aromatic carbocycles. The van der Waals surface area contributed by atoms with E-state index in [0.29, 0.717) is 22.8 Å². The van der Waals surface area contributed by atoms with Crippen LogP contribution in [-0.2, 0) is 11.2 Å². The van der Waals surface area contributed by atoms with Gasteiger partial charge in [-0.1, -0.05) is 11.6 Å². The van der Waals surface area contributed by atoms with Crippen LogP contribution in [-0.4, -0.2) is 63.5 Å². The van der Waals surface area contributed by atoms with Gasteiger partial charge in [-0.3, -0.25) is 0 Å². The fourth-order valence-electron chi connectivity index (χ4n) is 3.60. The van der Waals surface area contributed by atoms with Crippen LogP contribution in [0.1, 0.15) is 22.2 Å². The van der Waals surface area contributed by atoms with Crippen LogP contribution in [0.3, 0.4) is 0 Å². The highest BCUT2D eigenvalue weighted by Gasteiger charge is 2.45. The fourth-order valence-corrected chi connectivity index (χ4v) is 4.73. The second kappa shape index (κ2) is 9.25. The molecule has 1 aliphatic rings. The molecule has 0 bridgehead atoms. The van der Waals surface area contributed by atoms with Crippen molar-refractivity contribution in [2.45, 2.75) is 36.9 Å². The van der Waals surface area contributed by atoms with Gasteiger partial charge in [0.15, 0.2) is 0 Å². The number of thiazole rings is 1. The normalized spacial score (nSPS) is 26.2. The van der Waals surface area contributed by atoms with Crippen LogP contribution in [0, 0.1) is 0 Å². The van der Waals surface area contributed by atoms with E-state index in [1.807, 2.05) is 12.1 Å². The van der Waals surface area contributed by atoms with Crippen LogP contribution in [0.4, 0.5) is 0 Å². The molecule has 0 radical (unpaired) electrons. The molecule has 0 saturated carbocycles. The first-order valence-corrected chi connectivity index (χ1v) is 10.8. The van der Waals surface area contributed by atoms with Crippen molar-refractivity contribution in [2.75, 3.05) is 13.7 Å². The van der Waals surface area contributed by atoms with Crippen LogP contribution >= 0.6 is 22.9 Å². The molecule has 4 rings (SSSR count). The zero-order valence-electron chi connectivity index (χ0n) is 16.5. The van der Waals surface area contributed by atoms with Crippen molar-refractivity contribution in [1.82, 2.24) is 4.98 Å². The summed E-state index contributed by atoms with van der Waals surface area (Å²) in [6.07, 6.45) is -2.67. The summed E-state index contributed by atoms with van der Waals surface area (Å²) in [5, 5.41) is 41.5. The number of aliphatic hydroxyl groups is 4. The van der Waals surface area contributed by atoms with E-state index in [0.717, 1.165) is 21.2 Å². The molecule has 4 N–H and O–H groups in total. The number of furan rings is 1. The number of nitrogens with zero attached hydrogens (tertiary/aromatic N) is 1. The van der Waals surface area contributed by atoms with Crippen LogP contribution < -0.4 is 4.74 Å². The van der Waals surface area contributed by atoms with Gasteiger partial charge in [-0.25, -0.2) is 4.98 Å². The van der Waals surface area contributed by atoms with Gasteiger partial charge in [0.25, 0.3) is 0 Å². The highest BCUT2D eigenvalue weighted by Crippen LogP contribution is 2.40. The first-order chi connectivity index (χ1) is 14.9. The third-order valence-corrected chi connectivity index (χ3v) is 6.62. The van der Waals surface area contributed by atoms with E-state index in [-0.39, 0.29) is 0 Å². The molecule has 10 heteroatoms. The van der Waals surface area contributed by atoms with Crippen LogP contribution in [0.2, 0.25) is 5.02 Å². The van der Waals surface area contributed by atoms with Crippen molar-refractivity contribution in [2.24, 2.45) is 0 Å². The first kappa shape index (κ1) is 22.2. The summed E-state index contributed by atoms with van der Waals surface area (Å²) >= 11 is 7.93. The van der Waals surface area contributed by atoms with E-state index in [4.69, 9.17) is 25.5 Å². The molecule has 0 spiro atoms.